The number of carbonyl (C=O) groups excluding carboxylic acids is 2. The van der Waals surface area contributed by atoms with Crippen LogP contribution in [0.25, 0.3) is 11.1 Å². The van der Waals surface area contributed by atoms with Gasteiger partial charge in [-0.25, -0.2) is 4.79 Å². The van der Waals surface area contributed by atoms with Crippen molar-refractivity contribution in [2.45, 2.75) is 31.8 Å². The number of urea groups is 1. The molecular weight excluding hydrogens is 444 g/mol. The predicted molar refractivity (Wildman–Crippen MR) is 135 cm³/mol. The van der Waals surface area contributed by atoms with E-state index < -0.39 is 17.5 Å². The number of aryl methyl sites for hydroxylation is 1. The maximum absolute atomic E-state index is 13.4. The lowest BCUT2D eigenvalue weighted by atomic mass is 9.70. The van der Waals surface area contributed by atoms with Gasteiger partial charge in [0, 0.05) is 24.0 Å². The monoisotopic (exact) mass is 472 g/mol. The van der Waals surface area contributed by atoms with E-state index in [0.29, 0.717) is 36.2 Å². The maximum Gasteiger partial charge on any atom is 0.323 e. The normalized spacial score (nSPS) is 17.8. The van der Waals surface area contributed by atoms with Crippen molar-refractivity contribution in [2.75, 3.05) is 17.7 Å². The number of carbonyl (C=O) groups is 3. The van der Waals surface area contributed by atoms with E-state index >= 15 is 0 Å². The lowest BCUT2D eigenvalue weighted by Crippen LogP contribution is -2.53. The van der Waals surface area contributed by atoms with Gasteiger partial charge in [0.05, 0.1) is 5.92 Å². The zero-order valence-electron chi connectivity index (χ0n) is 19.7. The number of nitrogens with one attached hydrogen (secondary N) is 2. The molecule has 0 spiro atoms. The Kier molecular flexibility index (Phi) is 6.98. The van der Waals surface area contributed by atoms with Crippen LogP contribution in [0.4, 0.5) is 16.2 Å². The minimum Gasteiger partial charge on any atom is -0.481 e. The molecule has 2 unspecified atom stereocenters. The summed E-state index contributed by atoms with van der Waals surface area (Å²) in [5.41, 5.74) is 3.28. The van der Waals surface area contributed by atoms with Crippen LogP contribution < -0.4 is 10.6 Å². The van der Waals surface area contributed by atoms with E-state index in [4.69, 9.17) is 4.74 Å². The van der Waals surface area contributed by atoms with Crippen molar-refractivity contribution in [1.29, 1.82) is 0 Å². The second-order valence-corrected chi connectivity index (χ2v) is 8.62. The minimum absolute atomic E-state index is 0.272. The number of amides is 2. The molecule has 2 amide bonds. The van der Waals surface area contributed by atoms with Crippen molar-refractivity contribution in [1.82, 2.24) is 0 Å². The molecule has 1 aliphatic carbocycles. The van der Waals surface area contributed by atoms with Gasteiger partial charge in [0.2, 0.25) is 0 Å². The first kappa shape index (κ1) is 24.2. The highest BCUT2D eigenvalue weighted by Crippen LogP contribution is 2.39. The summed E-state index contributed by atoms with van der Waals surface area (Å²) in [7, 11) is 1.42. The average molecular weight is 473 g/mol. The second kappa shape index (κ2) is 10.1. The zero-order chi connectivity index (χ0) is 25.0. The molecule has 0 bridgehead atoms. The lowest BCUT2D eigenvalue weighted by Gasteiger charge is -2.39. The van der Waals surface area contributed by atoms with Gasteiger partial charge < -0.3 is 20.5 Å². The van der Waals surface area contributed by atoms with Crippen LogP contribution >= 0.6 is 0 Å². The Bertz CT molecular complexity index is 1240. The topological polar surface area (TPSA) is 105 Å². The molecule has 2 atom stereocenters. The Labute approximate surface area is 204 Å². The Morgan fingerprint density at radius 3 is 2.20 bits per heavy atom. The third-order valence-electron chi connectivity index (χ3n) is 6.64. The van der Waals surface area contributed by atoms with Gasteiger partial charge in [-0.15, -0.1) is 0 Å². The first-order valence-electron chi connectivity index (χ1n) is 11.6. The molecule has 35 heavy (non-hydrogen) atoms. The highest BCUT2D eigenvalue weighted by atomic mass is 16.5. The molecule has 0 aromatic heterocycles. The van der Waals surface area contributed by atoms with Crippen LogP contribution in [-0.2, 0) is 16.0 Å². The molecule has 7 heteroatoms. The summed E-state index contributed by atoms with van der Waals surface area (Å²) in [4.78, 5) is 37.4. The number of fused-ring (bicyclic) bond motifs is 1. The minimum atomic E-state index is -1.34. The van der Waals surface area contributed by atoms with E-state index in [2.05, 4.69) is 10.6 Å². The van der Waals surface area contributed by atoms with Gasteiger partial charge in [0.25, 0.3) is 0 Å². The van der Waals surface area contributed by atoms with Crippen LogP contribution in [0.15, 0.2) is 72.8 Å². The molecule has 3 aromatic carbocycles. The molecule has 0 radical (unpaired) electrons. The summed E-state index contributed by atoms with van der Waals surface area (Å²) in [5.74, 6) is -2.19. The van der Waals surface area contributed by atoms with Crippen LogP contribution in [0.5, 0.6) is 0 Å². The third-order valence-corrected chi connectivity index (χ3v) is 6.64. The molecule has 4 rings (SSSR count). The number of ketones is 1. The molecule has 1 aliphatic rings. The largest absolute Gasteiger partial charge is 0.481 e. The van der Waals surface area contributed by atoms with Crippen molar-refractivity contribution in [3.63, 3.8) is 0 Å². The molecule has 0 aliphatic heterocycles. The van der Waals surface area contributed by atoms with Crippen molar-refractivity contribution >= 4 is 29.2 Å². The molecule has 3 N–H and O–H groups in total. The number of Topliss-reactive ketones (excluding diaryl/α,β-unsaturated/α-hetero) is 1. The predicted octanol–water partition coefficient (Wildman–Crippen LogP) is 5.62. The van der Waals surface area contributed by atoms with Gasteiger partial charge in [-0.1, -0.05) is 55.5 Å². The standard InChI is InChI=1S/C28H28N2O5/c1-3-24(26(32)33)28(35-2)16-15-20-17-19(11-14-23(20)25(28)31)18-9-12-22(13-10-18)30-27(34)29-21-7-5-4-6-8-21/h4-14,17,24H,3,15-16H2,1-2H3,(H,32,33)(H2,29,30,34). The van der Waals surface area contributed by atoms with Crippen molar-refractivity contribution < 1.29 is 24.2 Å². The summed E-state index contributed by atoms with van der Waals surface area (Å²) in [6, 6.07) is 21.9. The van der Waals surface area contributed by atoms with Crippen LogP contribution in [0.1, 0.15) is 35.7 Å². The van der Waals surface area contributed by atoms with E-state index in [1.54, 1.807) is 13.0 Å². The number of rotatable bonds is 7. The van der Waals surface area contributed by atoms with E-state index in [-0.39, 0.29) is 11.8 Å². The first-order valence-corrected chi connectivity index (χ1v) is 11.6. The fourth-order valence-electron chi connectivity index (χ4n) is 4.80. The Morgan fingerprint density at radius 2 is 1.60 bits per heavy atom. The molecule has 0 saturated carbocycles. The molecule has 3 aromatic rings. The molecule has 7 nitrogen and oxygen atoms in total. The highest BCUT2D eigenvalue weighted by Gasteiger charge is 2.51. The number of carboxylic acid groups (broad SMARTS) is 1. The number of para-hydroxylation sites is 1. The van der Waals surface area contributed by atoms with Gasteiger partial charge in [0.1, 0.15) is 5.60 Å². The van der Waals surface area contributed by atoms with Crippen LogP contribution in [0, 0.1) is 5.92 Å². The van der Waals surface area contributed by atoms with Gasteiger partial charge in [-0.05, 0) is 60.2 Å². The zero-order valence-corrected chi connectivity index (χ0v) is 19.7. The molecule has 0 fully saturated rings. The van der Waals surface area contributed by atoms with E-state index in [0.717, 1.165) is 16.7 Å². The number of hydrogen-bond acceptors (Lipinski definition) is 4. The smallest absolute Gasteiger partial charge is 0.323 e. The van der Waals surface area contributed by atoms with E-state index in [1.165, 1.54) is 7.11 Å². The first-order chi connectivity index (χ1) is 16.9. The summed E-state index contributed by atoms with van der Waals surface area (Å²) < 4.78 is 5.59. The number of hydrogen-bond donors (Lipinski definition) is 3. The SMILES string of the molecule is CCC(C(=O)O)C1(OC)CCc2cc(-c3ccc(NC(=O)Nc4ccccc4)cc3)ccc2C1=O. The maximum atomic E-state index is 13.4. The van der Waals surface area contributed by atoms with E-state index in [1.807, 2.05) is 66.7 Å². The van der Waals surface area contributed by atoms with Gasteiger partial charge in [-0.2, -0.15) is 0 Å². The Balaban J connectivity index is 1.50. The molecule has 0 saturated heterocycles. The van der Waals surface area contributed by atoms with Crippen LogP contribution in [-0.4, -0.2) is 35.6 Å². The van der Waals surface area contributed by atoms with Gasteiger partial charge in [-0.3, -0.25) is 9.59 Å². The van der Waals surface area contributed by atoms with Crippen molar-refractivity contribution in [2.24, 2.45) is 5.92 Å². The average Bonchev–Trinajstić information content (AvgIpc) is 2.86. The number of anilines is 2. The fourth-order valence-corrected chi connectivity index (χ4v) is 4.80. The number of methoxy groups -OCH3 is 1. The lowest BCUT2D eigenvalue weighted by molar-refractivity contribution is -0.152. The van der Waals surface area contributed by atoms with Crippen LogP contribution in [0.3, 0.4) is 0 Å². The number of ether oxygens (including phenoxy) is 1. The number of carboxylic acids is 1. The quantitative estimate of drug-likeness (QED) is 0.414. The van der Waals surface area contributed by atoms with Crippen LogP contribution in [0.2, 0.25) is 0 Å². The Morgan fingerprint density at radius 1 is 0.971 bits per heavy atom. The Hall–Kier alpha value is -3.97. The van der Waals surface area contributed by atoms with Gasteiger partial charge >= 0.3 is 12.0 Å². The van der Waals surface area contributed by atoms with Crippen molar-refractivity contribution in [3.05, 3.63) is 83.9 Å². The number of benzene rings is 3. The fraction of sp³-hybridized carbons (Fsp3) is 0.250. The molecular formula is C28H28N2O5. The molecule has 0 heterocycles. The molecule has 180 valence electrons. The summed E-state index contributed by atoms with van der Waals surface area (Å²) in [6.07, 6.45) is 1.18. The van der Waals surface area contributed by atoms with E-state index in [9.17, 15) is 19.5 Å². The number of aliphatic carboxylic acids is 1. The summed E-state index contributed by atoms with van der Waals surface area (Å²) in [5, 5.41) is 15.3. The summed E-state index contributed by atoms with van der Waals surface area (Å²) in [6.45, 7) is 1.76. The second-order valence-electron chi connectivity index (χ2n) is 8.62. The van der Waals surface area contributed by atoms with Crippen molar-refractivity contribution in [3.8, 4) is 11.1 Å². The highest BCUT2D eigenvalue weighted by molar-refractivity contribution is 6.07. The third kappa shape index (κ3) is 4.81. The summed E-state index contributed by atoms with van der Waals surface area (Å²) >= 11 is 0. The van der Waals surface area contributed by atoms with Gasteiger partial charge in [0.15, 0.2) is 5.78 Å².